The van der Waals surface area contributed by atoms with E-state index >= 15 is 0 Å². The standard InChI is InChI=1S/C21H24N4O4S/c1-14-23-16(12-30-14)11-25-9-6-22-20(27)21(25)4-7-24(8-5-21)19(26)15-2-3-17-18(10-15)29-13-28-17/h2-3,10,12H,4-9,11,13H2,1H3,(H,22,27). The van der Waals surface area contributed by atoms with Gasteiger partial charge in [0.2, 0.25) is 12.7 Å². The van der Waals surface area contributed by atoms with Crippen molar-refractivity contribution in [2.45, 2.75) is 31.8 Å². The van der Waals surface area contributed by atoms with Crippen LogP contribution in [-0.4, -0.2) is 65.1 Å². The lowest BCUT2D eigenvalue weighted by molar-refractivity contribution is -0.141. The predicted molar refractivity (Wildman–Crippen MR) is 111 cm³/mol. The number of hydrogen-bond acceptors (Lipinski definition) is 7. The van der Waals surface area contributed by atoms with Crippen LogP contribution < -0.4 is 14.8 Å². The summed E-state index contributed by atoms with van der Waals surface area (Å²) in [6, 6.07) is 5.27. The molecule has 9 heteroatoms. The summed E-state index contributed by atoms with van der Waals surface area (Å²) in [5.74, 6) is 1.29. The van der Waals surface area contributed by atoms with Crippen molar-refractivity contribution in [2.24, 2.45) is 0 Å². The highest BCUT2D eigenvalue weighted by Crippen LogP contribution is 2.35. The number of thiazole rings is 1. The molecule has 0 atom stereocenters. The molecule has 0 aliphatic carbocycles. The van der Waals surface area contributed by atoms with E-state index in [-0.39, 0.29) is 18.6 Å². The Hall–Kier alpha value is -2.65. The summed E-state index contributed by atoms with van der Waals surface area (Å²) in [7, 11) is 0. The number of piperazine rings is 1. The fourth-order valence-electron chi connectivity index (χ4n) is 4.57. The Morgan fingerprint density at radius 2 is 2.03 bits per heavy atom. The summed E-state index contributed by atoms with van der Waals surface area (Å²) in [6.07, 6.45) is 1.22. The van der Waals surface area contributed by atoms with Crippen LogP contribution in [0, 0.1) is 6.92 Å². The van der Waals surface area contributed by atoms with E-state index in [1.807, 2.05) is 11.8 Å². The Labute approximate surface area is 178 Å². The molecule has 1 spiro atoms. The van der Waals surface area contributed by atoms with Gasteiger partial charge in [-0.2, -0.15) is 0 Å². The van der Waals surface area contributed by atoms with Crippen molar-refractivity contribution in [1.29, 1.82) is 0 Å². The number of amides is 2. The highest BCUT2D eigenvalue weighted by molar-refractivity contribution is 7.09. The molecule has 30 heavy (non-hydrogen) atoms. The average Bonchev–Trinajstić information content (AvgIpc) is 3.39. The molecule has 3 aliphatic rings. The molecule has 8 nitrogen and oxygen atoms in total. The molecule has 0 saturated carbocycles. The zero-order valence-corrected chi connectivity index (χ0v) is 17.7. The van der Waals surface area contributed by atoms with Gasteiger partial charge in [0.25, 0.3) is 5.91 Å². The summed E-state index contributed by atoms with van der Waals surface area (Å²) in [4.78, 5) is 34.6. The van der Waals surface area contributed by atoms with Gasteiger partial charge in [0.05, 0.1) is 10.7 Å². The van der Waals surface area contributed by atoms with Crippen LogP contribution in [0.4, 0.5) is 0 Å². The lowest BCUT2D eigenvalue weighted by Crippen LogP contribution is -2.67. The largest absolute Gasteiger partial charge is 0.454 e. The summed E-state index contributed by atoms with van der Waals surface area (Å²) in [5.41, 5.74) is 1.00. The molecule has 5 rings (SSSR count). The van der Waals surface area contributed by atoms with Gasteiger partial charge in [0, 0.05) is 43.7 Å². The quantitative estimate of drug-likeness (QED) is 0.803. The normalized spacial score (nSPS) is 20.4. The Morgan fingerprint density at radius 3 is 2.80 bits per heavy atom. The number of carbonyl (C=O) groups is 2. The third-order valence-electron chi connectivity index (χ3n) is 6.21. The Bertz CT molecular complexity index is 983. The van der Waals surface area contributed by atoms with E-state index in [1.165, 1.54) is 0 Å². The number of aromatic nitrogens is 1. The molecule has 0 unspecified atom stereocenters. The molecule has 2 fully saturated rings. The number of ether oxygens (including phenoxy) is 2. The smallest absolute Gasteiger partial charge is 0.253 e. The predicted octanol–water partition coefficient (Wildman–Crippen LogP) is 1.79. The van der Waals surface area contributed by atoms with Gasteiger partial charge >= 0.3 is 0 Å². The second-order valence-corrected chi connectivity index (χ2v) is 8.99. The summed E-state index contributed by atoms with van der Waals surface area (Å²) < 4.78 is 10.7. The number of fused-ring (bicyclic) bond motifs is 1. The van der Waals surface area contributed by atoms with E-state index in [2.05, 4.69) is 20.6 Å². The second-order valence-electron chi connectivity index (χ2n) is 7.93. The van der Waals surface area contributed by atoms with Gasteiger partial charge in [0.15, 0.2) is 11.5 Å². The van der Waals surface area contributed by atoms with Crippen LogP contribution in [0.1, 0.15) is 33.9 Å². The molecular weight excluding hydrogens is 404 g/mol. The van der Waals surface area contributed by atoms with Gasteiger partial charge in [-0.25, -0.2) is 4.98 Å². The molecule has 1 aromatic heterocycles. The SMILES string of the molecule is Cc1nc(CN2CCNC(=O)C23CCN(C(=O)c2ccc4c(c2)OCO4)CC3)cs1. The lowest BCUT2D eigenvalue weighted by Gasteiger charge is -2.49. The average molecular weight is 429 g/mol. The monoisotopic (exact) mass is 428 g/mol. The molecule has 2 aromatic rings. The fraction of sp³-hybridized carbons (Fsp3) is 0.476. The highest BCUT2D eigenvalue weighted by Gasteiger charge is 2.48. The van der Waals surface area contributed by atoms with E-state index in [4.69, 9.17) is 9.47 Å². The van der Waals surface area contributed by atoms with Crippen molar-refractivity contribution in [3.8, 4) is 11.5 Å². The topological polar surface area (TPSA) is 84.0 Å². The molecule has 0 radical (unpaired) electrons. The van der Waals surface area contributed by atoms with Gasteiger partial charge < -0.3 is 19.7 Å². The molecule has 0 bridgehead atoms. The number of rotatable bonds is 3. The first-order valence-corrected chi connectivity index (χ1v) is 11.1. The Balaban J connectivity index is 1.31. The van der Waals surface area contributed by atoms with Gasteiger partial charge in [-0.3, -0.25) is 14.5 Å². The van der Waals surface area contributed by atoms with Gasteiger partial charge in [-0.15, -0.1) is 11.3 Å². The maximum atomic E-state index is 13.0. The van der Waals surface area contributed by atoms with Crippen LogP contribution in [0.2, 0.25) is 0 Å². The minimum Gasteiger partial charge on any atom is -0.454 e. The van der Waals surface area contributed by atoms with Crippen molar-refractivity contribution in [1.82, 2.24) is 20.1 Å². The number of nitrogens with zero attached hydrogens (tertiary/aromatic N) is 3. The van der Waals surface area contributed by atoms with E-state index in [0.29, 0.717) is 56.1 Å². The minimum absolute atomic E-state index is 0.0407. The van der Waals surface area contributed by atoms with Crippen LogP contribution in [-0.2, 0) is 11.3 Å². The lowest BCUT2D eigenvalue weighted by atomic mass is 9.82. The number of likely N-dealkylation sites (tertiary alicyclic amines) is 1. The van der Waals surface area contributed by atoms with Crippen LogP contribution in [0.3, 0.4) is 0 Å². The van der Waals surface area contributed by atoms with Crippen molar-refractivity contribution in [3.05, 3.63) is 39.8 Å². The summed E-state index contributed by atoms with van der Waals surface area (Å²) >= 11 is 1.63. The number of aryl methyl sites for hydroxylation is 1. The molecule has 3 aliphatic heterocycles. The molecular formula is C21H24N4O4S. The highest BCUT2D eigenvalue weighted by atomic mass is 32.1. The van der Waals surface area contributed by atoms with Crippen molar-refractivity contribution in [2.75, 3.05) is 33.0 Å². The summed E-state index contributed by atoms with van der Waals surface area (Å²) in [6.45, 7) is 5.34. The summed E-state index contributed by atoms with van der Waals surface area (Å²) in [5, 5.41) is 6.13. The first-order chi connectivity index (χ1) is 14.5. The minimum atomic E-state index is -0.582. The van der Waals surface area contributed by atoms with Crippen LogP contribution in [0.15, 0.2) is 23.6 Å². The van der Waals surface area contributed by atoms with Crippen molar-refractivity contribution < 1.29 is 19.1 Å². The molecule has 4 heterocycles. The van der Waals surface area contributed by atoms with E-state index < -0.39 is 5.54 Å². The number of carbonyl (C=O) groups excluding carboxylic acids is 2. The van der Waals surface area contributed by atoms with Gasteiger partial charge in [-0.05, 0) is 38.0 Å². The van der Waals surface area contributed by atoms with Gasteiger partial charge in [-0.1, -0.05) is 0 Å². The number of benzene rings is 1. The van der Waals surface area contributed by atoms with Crippen LogP contribution >= 0.6 is 11.3 Å². The maximum absolute atomic E-state index is 13.0. The van der Waals surface area contributed by atoms with Crippen LogP contribution in [0.5, 0.6) is 11.5 Å². The van der Waals surface area contributed by atoms with E-state index in [1.54, 1.807) is 29.5 Å². The molecule has 2 saturated heterocycles. The number of piperidine rings is 1. The fourth-order valence-corrected chi connectivity index (χ4v) is 5.17. The molecule has 1 N–H and O–H groups in total. The zero-order chi connectivity index (χ0) is 20.7. The van der Waals surface area contributed by atoms with Crippen molar-refractivity contribution >= 4 is 23.2 Å². The molecule has 158 valence electrons. The van der Waals surface area contributed by atoms with E-state index in [0.717, 1.165) is 17.2 Å². The first-order valence-electron chi connectivity index (χ1n) is 10.2. The van der Waals surface area contributed by atoms with Gasteiger partial charge in [0.1, 0.15) is 5.54 Å². The van der Waals surface area contributed by atoms with Crippen LogP contribution in [0.25, 0.3) is 0 Å². The van der Waals surface area contributed by atoms with Crippen molar-refractivity contribution in [3.63, 3.8) is 0 Å². The molecule has 2 amide bonds. The van der Waals surface area contributed by atoms with E-state index in [9.17, 15) is 9.59 Å². The maximum Gasteiger partial charge on any atom is 0.253 e. The second kappa shape index (κ2) is 7.55. The number of hydrogen-bond donors (Lipinski definition) is 1. The number of nitrogens with one attached hydrogen (secondary N) is 1. The Kier molecular flexibility index (Phi) is 4.86. The third kappa shape index (κ3) is 3.31. The Morgan fingerprint density at radius 1 is 1.23 bits per heavy atom. The third-order valence-corrected chi connectivity index (χ3v) is 7.03. The molecule has 1 aromatic carbocycles. The zero-order valence-electron chi connectivity index (χ0n) is 16.8. The first kappa shape index (κ1) is 19.3.